The average Bonchev–Trinajstić information content (AvgIpc) is 3.02. The number of benzene rings is 1. The number of urea groups is 1. The molecule has 0 unspecified atom stereocenters. The summed E-state index contributed by atoms with van der Waals surface area (Å²) in [6.07, 6.45) is 0. The quantitative estimate of drug-likeness (QED) is 0.848. The number of hydrogen-bond acceptors (Lipinski definition) is 4. The molecule has 7 nitrogen and oxygen atoms in total. The fraction of sp³-hybridized carbons (Fsp3) is 0.500. The SMILES string of the molecule is CCN(CCN1CCOCC1)C(=O)Nc1ccc(-n2nc(C)cc2C)cc1. The predicted octanol–water partition coefficient (Wildman–Crippen LogP) is 2.68. The van der Waals surface area contributed by atoms with Crippen molar-refractivity contribution in [3.8, 4) is 5.69 Å². The van der Waals surface area contributed by atoms with Crippen LogP contribution >= 0.6 is 0 Å². The molecule has 27 heavy (non-hydrogen) atoms. The average molecular weight is 371 g/mol. The number of hydrogen-bond donors (Lipinski definition) is 1. The van der Waals surface area contributed by atoms with E-state index in [1.807, 2.05) is 60.7 Å². The van der Waals surface area contributed by atoms with Crippen molar-refractivity contribution in [1.82, 2.24) is 19.6 Å². The van der Waals surface area contributed by atoms with Gasteiger partial charge in [-0.15, -0.1) is 0 Å². The predicted molar refractivity (Wildman–Crippen MR) is 107 cm³/mol. The number of carbonyl (C=O) groups excluding carboxylic acids is 1. The summed E-state index contributed by atoms with van der Waals surface area (Å²) in [4.78, 5) is 16.8. The van der Waals surface area contributed by atoms with Crippen LogP contribution in [0.4, 0.5) is 10.5 Å². The van der Waals surface area contributed by atoms with Gasteiger partial charge in [-0.2, -0.15) is 5.10 Å². The van der Waals surface area contributed by atoms with Gasteiger partial charge in [0.25, 0.3) is 0 Å². The molecule has 0 spiro atoms. The summed E-state index contributed by atoms with van der Waals surface area (Å²) >= 11 is 0. The van der Waals surface area contributed by atoms with E-state index in [0.717, 1.165) is 55.6 Å². The second-order valence-electron chi connectivity index (χ2n) is 6.85. The van der Waals surface area contributed by atoms with E-state index in [0.29, 0.717) is 13.1 Å². The summed E-state index contributed by atoms with van der Waals surface area (Å²) in [5, 5.41) is 7.48. The third-order valence-electron chi connectivity index (χ3n) is 4.83. The Bertz CT molecular complexity index is 750. The first-order valence-electron chi connectivity index (χ1n) is 9.56. The van der Waals surface area contributed by atoms with Gasteiger partial charge >= 0.3 is 6.03 Å². The first kappa shape index (κ1) is 19.4. The van der Waals surface area contributed by atoms with Crippen LogP contribution in [-0.2, 0) is 4.74 Å². The molecule has 0 aliphatic carbocycles. The zero-order valence-electron chi connectivity index (χ0n) is 16.4. The van der Waals surface area contributed by atoms with Crippen molar-refractivity contribution in [2.75, 3.05) is 51.3 Å². The molecule has 0 radical (unpaired) electrons. The zero-order valence-corrected chi connectivity index (χ0v) is 16.4. The molecule has 146 valence electrons. The van der Waals surface area contributed by atoms with Gasteiger partial charge in [-0.3, -0.25) is 4.90 Å². The van der Waals surface area contributed by atoms with Crippen LogP contribution in [0.5, 0.6) is 0 Å². The molecule has 0 saturated carbocycles. The van der Waals surface area contributed by atoms with E-state index in [4.69, 9.17) is 4.74 Å². The lowest BCUT2D eigenvalue weighted by molar-refractivity contribution is 0.0353. The number of ether oxygens (including phenoxy) is 1. The first-order valence-corrected chi connectivity index (χ1v) is 9.56. The van der Waals surface area contributed by atoms with Gasteiger partial charge in [0.2, 0.25) is 0 Å². The number of carbonyl (C=O) groups is 1. The van der Waals surface area contributed by atoms with Gasteiger partial charge in [0.15, 0.2) is 0 Å². The normalized spacial score (nSPS) is 14.9. The standard InChI is InChI=1S/C20H29N5O2/c1-4-24(10-9-23-11-13-27-14-12-23)20(26)21-18-5-7-19(8-6-18)25-17(3)15-16(2)22-25/h5-8,15H,4,9-14H2,1-3H3,(H,21,26). The maximum atomic E-state index is 12.6. The molecule has 0 bridgehead atoms. The van der Waals surface area contributed by atoms with Gasteiger partial charge < -0.3 is 15.0 Å². The minimum absolute atomic E-state index is 0.0652. The van der Waals surface area contributed by atoms with Gasteiger partial charge in [0.05, 0.1) is 24.6 Å². The summed E-state index contributed by atoms with van der Waals surface area (Å²) in [6, 6.07) is 9.75. The van der Waals surface area contributed by atoms with Crippen molar-refractivity contribution in [2.45, 2.75) is 20.8 Å². The molecule has 1 saturated heterocycles. The molecule has 3 rings (SSSR count). The maximum absolute atomic E-state index is 12.6. The molecule has 1 aliphatic heterocycles. The fourth-order valence-electron chi connectivity index (χ4n) is 3.27. The van der Waals surface area contributed by atoms with E-state index in [2.05, 4.69) is 15.3 Å². The topological polar surface area (TPSA) is 62.6 Å². The highest BCUT2D eigenvalue weighted by molar-refractivity contribution is 5.89. The van der Waals surface area contributed by atoms with Crippen LogP contribution in [0.2, 0.25) is 0 Å². The molecule has 2 heterocycles. The van der Waals surface area contributed by atoms with E-state index in [-0.39, 0.29) is 6.03 Å². The molecule has 1 N–H and O–H groups in total. The highest BCUT2D eigenvalue weighted by atomic mass is 16.5. The zero-order chi connectivity index (χ0) is 19.2. The maximum Gasteiger partial charge on any atom is 0.321 e. The van der Waals surface area contributed by atoms with Crippen molar-refractivity contribution < 1.29 is 9.53 Å². The van der Waals surface area contributed by atoms with E-state index in [9.17, 15) is 4.79 Å². The number of aryl methyl sites for hydroxylation is 2. The molecule has 2 amide bonds. The summed E-state index contributed by atoms with van der Waals surface area (Å²) in [6.45, 7) is 11.7. The third-order valence-corrected chi connectivity index (χ3v) is 4.83. The number of nitrogens with zero attached hydrogens (tertiary/aromatic N) is 4. The lowest BCUT2D eigenvalue weighted by Gasteiger charge is -2.29. The van der Waals surface area contributed by atoms with Crippen LogP contribution < -0.4 is 5.32 Å². The molecule has 2 aromatic rings. The van der Waals surface area contributed by atoms with Crippen molar-refractivity contribution in [3.05, 3.63) is 41.7 Å². The summed E-state index contributed by atoms with van der Waals surface area (Å²) in [5.74, 6) is 0. The number of morpholine rings is 1. The van der Waals surface area contributed by atoms with Crippen molar-refractivity contribution in [2.24, 2.45) is 0 Å². The number of likely N-dealkylation sites (N-methyl/N-ethyl adjacent to an activating group) is 1. The highest BCUT2D eigenvalue weighted by Crippen LogP contribution is 2.16. The van der Waals surface area contributed by atoms with Crippen molar-refractivity contribution in [3.63, 3.8) is 0 Å². The fourth-order valence-corrected chi connectivity index (χ4v) is 3.27. The first-order chi connectivity index (χ1) is 13.1. The number of anilines is 1. The number of amides is 2. The van der Waals surface area contributed by atoms with E-state index in [1.54, 1.807) is 0 Å². The molecular formula is C20H29N5O2. The highest BCUT2D eigenvalue weighted by Gasteiger charge is 2.15. The van der Waals surface area contributed by atoms with E-state index in [1.165, 1.54) is 0 Å². The largest absolute Gasteiger partial charge is 0.379 e. The third kappa shape index (κ3) is 5.08. The second kappa shape index (κ2) is 9.01. The van der Waals surface area contributed by atoms with Gasteiger partial charge in [-0.1, -0.05) is 0 Å². The Labute approximate surface area is 160 Å². The van der Waals surface area contributed by atoms with Gasteiger partial charge in [0.1, 0.15) is 0 Å². The Balaban J connectivity index is 1.56. The van der Waals surface area contributed by atoms with Gasteiger partial charge in [-0.05, 0) is 51.1 Å². The van der Waals surface area contributed by atoms with Crippen LogP contribution in [0.15, 0.2) is 30.3 Å². The van der Waals surface area contributed by atoms with Gasteiger partial charge in [-0.25, -0.2) is 9.48 Å². The van der Waals surface area contributed by atoms with Crippen LogP contribution in [0.25, 0.3) is 5.69 Å². The number of rotatable bonds is 6. The van der Waals surface area contributed by atoms with E-state index >= 15 is 0 Å². The Kier molecular flexibility index (Phi) is 6.47. The Morgan fingerprint density at radius 2 is 1.93 bits per heavy atom. The summed E-state index contributed by atoms with van der Waals surface area (Å²) in [7, 11) is 0. The van der Waals surface area contributed by atoms with Crippen molar-refractivity contribution >= 4 is 11.7 Å². The minimum Gasteiger partial charge on any atom is -0.379 e. The second-order valence-corrected chi connectivity index (χ2v) is 6.85. The minimum atomic E-state index is -0.0652. The summed E-state index contributed by atoms with van der Waals surface area (Å²) < 4.78 is 7.27. The van der Waals surface area contributed by atoms with Gasteiger partial charge in [0, 0.05) is 44.1 Å². The molecule has 0 atom stereocenters. The summed E-state index contributed by atoms with van der Waals surface area (Å²) in [5.41, 5.74) is 3.85. The smallest absolute Gasteiger partial charge is 0.321 e. The number of aromatic nitrogens is 2. The van der Waals surface area contributed by atoms with Crippen LogP contribution in [0.3, 0.4) is 0 Å². The lowest BCUT2D eigenvalue weighted by Crippen LogP contribution is -2.44. The molecular weight excluding hydrogens is 342 g/mol. The molecule has 7 heteroatoms. The lowest BCUT2D eigenvalue weighted by atomic mass is 10.2. The molecule has 1 aromatic heterocycles. The van der Waals surface area contributed by atoms with Crippen molar-refractivity contribution in [1.29, 1.82) is 0 Å². The molecule has 1 aromatic carbocycles. The van der Waals surface area contributed by atoms with E-state index < -0.39 is 0 Å². The Hall–Kier alpha value is -2.38. The monoisotopic (exact) mass is 371 g/mol. The van der Waals surface area contributed by atoms with Crippen LogP contribution in [-0.4, -0.2) is 71.5 Å². The van der Waals surface area contributed by atoms with Crippen LogP contribution in [0, 0.1) is 13.8 Å². The Morgan fingerprint density at radius 3 is 2.52 bits per heavy atom. The molecule has 1 fully saturated rings. The Morgan fingerprint density at radius 1 is 1.22 bits per heavy atom. The van der Waals surface area contributed by atoms with Crippen LogP contribution in [0.1, 0.15) is 18.3 Å². The number of nitrogens with one attached hydrogen (secondary N) is 1. The molecule has 1 aliphatic rings.